The van der Waals surface area contributed by atoms with Crippen molar-refractivity contribution in [2.24, 2.45) is 0 Å². The van der Waals surface area contributed by atoms with Crippen LogP contribution < -0.4 is 0 Å². The molecule has 0 bridgehead atoms. The Morgan fingerprint density at radius 2 is 1.96 bits per heavy atom. The summed E-state index contributed by atoms with van der Waals surface area (Å²) in [6.45, 7) is 2.92. The average molecular weight is 360 g/mol. The number of aromatic nitrogens is 1. The molecule has 2 unspecified atom stereocenters. The number of hydrogen-bond acceptors (Lipinski definition) is 3. The van der Waals surface area contributed by atoms with Gasteiger partial charge in [0.05, 0.1) is 11.6 Å². The first-order chi connectivity index (χ1) is 13.2. The Morgan fingerprint density at radius 1 is 1.19 bits per heavy atom. The van der Waals surface area contributed by atoms with Crippen molar-refractivity contribution < 1.29 is 9.90 Å². The van der Waals surface area contributed by atoms with Gasteiger partial charge in [0.25, 0.3) is 0 Å². The normalized spacial score (nSPS) is 18.6. The number of carboxylic acid groups (broad SMARTS) is 1. The second-order valence-corrected chi connectivity index (χ2v) is 7.19. The monoisotopic (exact) mass is 360 g/mol. The van der Waals surface area contributed by atoms with E-state index >= 15 is 0 Å². The van der Waals surface area contributed by atoms with E-state index in [1.807, 2.05) is 24.4 Å². The third-order valence-electron chi connectivity index (χ3n) is 5.54. The molecule has 2 aromatic carbocycles. The molecule has 0 radical (unpaired) electrons. The molecule has 27 heavy (non-hydrogen) atoms. The van der Waals surface area contributed by atoms with Crippen LogP contribution in [-0.4, -0.2) is 33.5 Å². The molecule has 1 saturated heterocycles. The van der Waals surface area contributed by atoms with Crippen molar-refractivity contribution in [3.63, 3.8) is 0 Å². The summed E-state index contributed by atoms with van der Waals surface area (Å²) in [5.74, 6) is -0.739. The van der Waals surface area contributed by atoms with Crippen LogP contribution in [-0.2, 0) is 11.2 Å². The maximum Gasteiger partial charge on any atom is 0.320 e. The SMILES string of the molecule is CCc1ccc(C(c2cnc3ccccc3c2)N2CCCC2C(=O)O)cc1. The standard InChI is InChI=1S/C23H24N2O2/c1-2-16-9-11-17(12-10-16)22(25-13-5-8-21(25)23(26)27)19-14-18-6-3-4-7-20(18)24-15-19/h3-4,6-7,9-12,14-15,21-22H,2,5,8,13H2,1H3,(H,26,27). The number of carboxylic acids is 1. The Bertz CT molecular complexity index is 952. The van der Waals surface area contributed by atoms with Crippen molar-refractivity contribution in [1.29, 1.82) is 0 Å². The third kappa shape index (κ3) is 3.45. The maximum absolute atomic E-state index is 11.8. The van der Waals surface area contributed by atoms with Gasteiger partial charge in [-0.25, -0.2) is 0 Å². The molecule has 138 valence electrons. The lowest BCUT2D eigenvalue weighted by Crippen LogP contribution is -2.39. The summed E-state index contributed by atoms with van der Waals surface area (Å²) in [5.41, 5.74) is 4.41. The highest BCUT2D eigenvalue weighted by atomic mass is 16.4. The van der Waals surface area contributed by atoms with E-state index in [0.29, 0.717) is 6.42 Å². The van der Waals surface area contributed by atoms with Crippen LogP contribution in [0.15, 0.2) is 60.8 Å². The van der Waals surface area contributed by atoms with Gasteiger partial charge in [-0.2, -0.15) is 0 Å². The molecule has 1 aliphatic rings. The molecule has 0 amide bonds. The molecule has 1 aliphatic heterocycles. The lowest BCUT2D eigenvalue weighted by molar-refractivity contribution is -0.142. The minimum atomic E-state index is -0.739. The second kappa shape index (κ2) is 7.49. The van der Waals surface area contributed by atoms with Crippen molar-refractivity contribution in [2.75, 3.05) is 6.54 Å². The molecule has 0 aliphatic carbocycles. The molecular formula is C23H24N2O2. The first-order valence-electron chi connectivity index (χ1n) is 9.59. The van der Waals surface area contributed by atoms with Gasteiger partial charge in [0.2, 0.25) is 0 Å². The number of rotatable bonds is 5. The van der Waals surface area contributed by atoms with Crippen LogP contribution in [0.25, 0.3) is 10.9 Å². The third-order valence-corrected chi connectivity index (χ3v) is 5.54. The Hall–Kier alpha value is -2.72. The predicted molar refractivity (Wildman–Crippen MR) is 107 cm³/mol. The van der Waals surface area contributed by atoms with E-state index in [-0.39, 0.29) is 6.04 Å². The number of likely N-dealkylation sites (tertiary alicyclic amines) is 1. The van der Waals surface area contributed by atoms with Crippen LogP contribution in [0, 0.1) is 0 Å². The highest BCUT2D eigenvalue weighted by molar-refractivity contribution is 5.79. The zero-order chi connectivity index (χ0) is 18.8. The molecule has 4 heteroatoms. The van der Waals surface area contributed by atoms with Crippen molar-refractivity contribution in [2.45, 2.75) is 38.3 Å². The first kappa shape index (κ1) is 17.7. The molecule has 2 heterocycles. The van der Waals surface area contributed by atoms with Crippen LogP contribution >= 0.6 is 0 Å². The second-order valence-electron chi connectivity index (χ2n) is 7.19. The van der Waals surface area contributed by atoms with Crippen LogP contribution in [0.5, 0.6) is 0 Å². The minimum Gasteiger partial charge on any atom is -0.480 e. The van der Waals surface area contributed by atoms with E-state index in [2.05, 4.69) is 53.2 Å². The molecule has 3 aromatic rings. The zero-order valence-corrected chi connectivity index (χ0v) is 15.5. The van der Waals surface area contributed by atoms with E-state index in [1.165, 1.54) is 5.56 Å². The topological polar surface area (TPSA) is 53.4 Å². The maximum atomic E-state index is 11.8. The Balaban J connectivity index is 1.82. The molecule has 4 rings (SSSR count). The van der Waals surface area contributed by atoms with E-state index < -0.39 is 12.0 Å². The van der Waals surface area contributed by atoms with Gasteiger partial charge in [-0.1, -0.05) is 49.4 Å². The fourth-order valence-corrected chi connectivity index (χ4v) is 4.11. The number of para-hydroxylation sites is 1. The van der Waals surface area contributed by atoms with Gasteiger partial charge in [0, 0.05) is 18.1 Å². The molecule has 1 N–H and O–H groups in total. The number of benzene rings is 2. The number of nitrogens with zero attached hydrogens (tertiary/aromatic N) is 2. The van der Waals surface area contributed by atoms with Crippen molar-refractivity contribution >= 4 is 16.9 Å². The molecule has 0 spiro atoms. The van der Waals surface area contributed by atoms with Gasteiger partial charge in [-0.15, -0.1) is 0 Å². The number of carbonyl (C=O) groups is 1. The van der Waals surface area contributed by atoms with Crippen molar-refractivity contribution in [3.05, 3.63) is 77.5 Å². The Kier molecular flexibility index (Phi) is 4.90. The molecule has 0 saturated carbocycles. The fourth-order valence-electron chi connectivity index (χ4n) is 4.11. The van der Waals surface area contributed by atoms with E-state index in [4.69, 9.17) is 0 Å². The summed E-state index contributed by atoms with van der Waals surface area (Å²) in [7, 11) is 0. The number of aliphatic carboxylic acids is 1. The van der Waals surface area contributed by atoms with E-state index in [9.17, 15) is 9.90 Å². The summed E-state index contributed by atoms with van der Waals surface area (Å²) in [4.78, 5) is 18.6. The van der Waals surface area contributed by atoms with Crippen LogP contribution in [0.1, 0.15) is 42.5 Å². The van der Waals surface area contributed by atoms with Gasteiger partial charge in [-0.05, 0) is 48.1 Å². The molecule has 1 aromatic heterocycles. The molecule has 1 fully saturated rings. The lowest BCUT2D eigenvalue weighted by atomic mass is 9.95. The summed E-state index contributed by atoms with van der Waals surface area (Å²) in [6.07, 6.45) is 4.49. The summed E-state index contributed by atoms with van der Waals surface area (Å²) >= 11 is 0. The van der Waals surface area contributed by atoms with Gasteiger partial charge in [0.15, 0.2) is 0 Å². The van der Waals surface area contributed by atoms with Gasteiger partial charge >= 0.3 is 5.97 Å². The Morgan fingerprint density at radius 3 is 2.70 bits per heavy atom. The number of pyridine rings is 1. The molecule has 2 atom stereocenters. The van der Waals surface area contributed by atoms with Crippen molar-refractivity contribution in [1.82, 2.24) is 9.88 Å². The van der Waals surface area contributed by atoms with Gasteiger partial charge in [0.1, 0.15) is 6.04 Å². The molecular weight excluding hydrogens is 336 g/mol. The van der Waals surface area contributed by atoms with E-state index in [0.717, 1.165) is 41.4 Å². The largest absolute Gasteiger partial charge is 0.480 e. The quantitative estimate of drug-likeness (QED) is 0.731. The summed E-state index contributed by atoms with van der Waals surface area (Å²) in [6, 6.07) is 18.2. The fraction of sp³-hybridized carbons (Fsp3) is 0.304. The lowest BCUT2D eigenvalue weighted by Gasteiger charge is -2.32. The van der Waals surface area contributed by atoms with Crippen LogP contribution in [0.2, 0.25) is 0 Å². The highest BCUT2D eigenvalue weighted by Crippen LogP contribution is 2.35. The first-order valence-corrected chi connectivity index (χ1v) is 9.59. The van der Waals surface area contributed by atoms with Gasteiger partial charge < -0.3 is 5.11 Å². The van der Waals surface area contributed by atoms with Crippen molar-refractivity contribution in [3.8, 4) is 0 Å². The average Bonchev–Trinajstić information content (AvgIpc) is 3.18. The minimum absolute atomic E-state index is 0.100. The van der Waals surface area contributed by atoms with Gasteiger partial charge in [-0.3, -0.25) is 14.7 Å². The number of hydrogen-bond donors (Lipinski definition) is 1. The zero-order valence-electron chi connectivity index (χ0n) is 15.5. The Labute approximate surface area is 159 Å². The summed E-state index contributed by atoms with van der Waals surface area (Å²) in [5, 5.41) is 10.8. The highest BCUT2D eigenvalue weighted by Gasteiger charge is 2.37. The number of fused-ring (bicyclic) bond motifs is 1. The predicted octanol–water partition coefficient (Wildman–Crippen LogP) is 4.44. The van der Waals surface area contributed by atoms with Crippen LogP contribution in [0.3, 0.4) is 0 Å². The number of aryl methyl sites for hydroxylation is 1. The molecule has 4 nitrogen and oxygen atoms in total. The van der Waals surface area contributed by atoms with Crippen LogP contribution in [0.4, 0.5) is 0 Å². The van der Waals surface area contributed by atoms with E-state index in [1.54, 1.807) is 0 Å². The summed E-state index contributed by atoms with van der Waals surface area (Å²) < 4.78 is 0. The smallest absolute Gasteiger partial charge is 0.320 e.